The second kappa shape index (κ2) is 6.45. The van der Waals surface area contributed by atoms with Gasteiger partial charge in [0.15, 0.2) is 0 Å². The maximum atomic E-state index is 12.3. The molecule has 114 valence electrons. The number of carbonyl (C=O) groups excluding carboxylic acids is 1. The van der Waals surface area contributed by atoms with E-state index in [1.54, 1.807) is 0 Å². The van der Waals surface area contributed by atoms with Gasteiger partial charge in [0, 0.05) is 26.1 Å². The minimum Gasteiger partial charge on any atom is -0.493 e. The summed E-state index contributed by atoms with van der Waals surface area (Å²) in [6, 6.07) is 5.75. The van der Waals surface area contributed by atoms with E-state index < -0.39 is 0 Å². The first kappa shape index (κ1) is 14.4. The summed E-state index contributed by atoms with van der Waals surface area (Å²) in [5, 5.41) is 3.37. The fraction of sp³-hybridized carbons (Fsp3) is 0.562. The van der Waals surface area contributed by atoms with Gasteiger partial charge in [0.2, 0.25) is 0 Å². The second-order valence-corrected chi connectivity index (χ2v) is 5.53. The summed E-state index contributed by atoms with van der Waals surface area (Å²) in [6.07, 6.45) is 1.96. The third kappa shape index (κ3) is 3.04. The summed E-state index contributed by atoms with van der Waals surface area (Å²) in [7, 11) is 1.46. The topological polar surface area (TPSA) is 50.8 Å². The van der Waals surface area contributed by atoms with E-state index in [1.807, 2.05) is 12.1 Å². The minimum atomic E-state index is -0.319. The van der Waals surface area contributed by atoms with Crippen LogP contribution in [0.2, 0.25) is 0 Å². The Bertz CT molecular complexity index is 510. The fourth-order valence-electron chi connectivity index (χ4n) is 3.11. The van der Waals surface area contributed by atoms with Gasteiger partial charge in [-0.05, 0) is 36.2 Å². The molecule has 3 rings (SSSR count). The summed E-state index contributed by atoms with van der Waals surface area (Å²) in [6.45, 7) is 4.40. The van der Waals surface area contributed by atoms with Gasteiger partial charge in [0.05, 0.1) is 13.7 Å². The Morgan fingerprint density at radius 2 is 2.29 bits per heavy atom. The van der Waals surface area contributed by atoms with E-state index in [0.29, 0.717) is 0 Å². The number of hydrogen-bond acceptors (Lipinski definition) is 5. The first-order valence-corrected chi connectivity index (χ1v) is 7.58. The van der Waals surface area contributed by atoms with Crippen LogP contribution in [0.4, 0.5) is 0 Å². The highest BCUT2D eigenvalue weighted by molar-refractivity contribution is 5.77. The molecule has 2 aliphatic heterocycles. The van der Waals surface area contributed by atoms with Gasteiger partial charge in [-0.15, -0.1) is 0 Å². The smallest absolute Gasteiger partial charge is 0.327 e. The van der Waals surface area contributed by atoms with Gasteiger partial charge >= 0.3 is 5.97 Å². The standard InChI is InChI=1S/C16H22N2O3/c1-20-16(19)15(18-8-2-6-17-7-9-18)13-3-4-14-12(11-13)5-10-21-14/h3-4,11,15,17H,2,5-10H2,1H3. The van der Waals surface area contributed by atoms with E-state index >= 15 is 0 Å². The van der Waals surface area contributed by atoms with E-state index in [0.717, 1.165) is 56.9 Å². The molecule has 0 saturated carbocycles. The fourth-order valence-corrected chi connectivity index (χ4v) is 3.11. The van der Waals surface area contributed by atoms with Crippen LogP contribution in [0.1, 0.15) is 23.6 Å². The maximum absolute atomic E-state index is 12.3. The summed E-state index contributed by atoms with van der Waals surface area (Å²) in [4.78, 5) is 14.5. The molecule has 1 fully saturated rings. The molecule has 0 radical (unpaired) electrons. The van der Waals surface area contributed by atoms with Gasteiger partial charge in [-0.25, -0.2) is 4.79 Å². The highest BCUT2D eigenvalue weighted by atomic mass is 16.5. The zero-order chi connectivity index (χ0) is 14.7. The lowest BCUT2D eigenvalue weighted by Gasteiger charge is -2.28. The average molecular weight is 290 g/mol. The third-order valence-electron chi connectivity index (χ3n) is 4.19. The minimum absolute atomic E-state index is 0.184. The van der Waals surface area contributed by atoms with Crippen LogP contribution in [0.25, 0.3) is 0 Å². The highest BCUT2D eigenvalue weighted by Crippen LogP contribution is 2.31. The molecule has 1 aromatic rings. The van der Waals surface area contributed by atoms with Gasteiger partial charge in [-0.1, -0.05) is 6.07 Å². The Morgan fingerprint density at radius 1 is 1.38 bits per heavy atom. The number of benzene rings is 1. The number of rotatable bonds is 3. The molecule has 1 aromatic carbocycles. The van der Waals surface area contributed by atoms with Crippen molar-refractivity contribution in [3.8, 4) is 5.75 Å². The van der Waals surface area contributed by atoms with Crippen LogP contribution >= 0.6 is 0 Å². The van der Waals surface area contributed by atoms with Crippen molar-refractivity contribution in [1.29, 1.82) is 0 Å². The van der Waals surface area contributed by atoms with Gasteiger partial charge in [-0.2, -0.15) is 0 Å². The maximum Gasteiger partial charge on any atom is 0.327 e. The Labute approximate surface area is 125 Å². The largest absolute Gasteiger partial charge is 0.493 e. The lowest BCUT2D eigenvalue weighted by atomic mass is 10.0. The molecule has 1 N–H and O–H groups in total. The molecule has 2 aliphatic rings. The van der Waals surface area contributed by atoms with E-state index in [-0.39, 0.29) is 12.0 Å². The quantitative estimate of drug-likeness (QED) is 0.846. The summed E-state index contributed by atoms with van der Waals surface area (Å²) in [5.74, 6) is 0.760. The molecule has 0 bridgehead atoms. The number of methoxy groups -OCH3 is 1. The van der Waals surface area contributed by atoms with Crippen molar-refractivity contribution >= 4 is 5.97 Å². The molecule has 0 aromatic heterocycles. The number of ether oxygens (including phenoxy) is 2. The molecule has 5 heteroatoms. The first-order chi connectivity index (χ1) is 10.3. The van der Waals surface area contributed by atoms with E-state index in [9.17, 15) is 4.79 Å². The number of nitrogens with zero attached hydrogens (tertiary/aromatic N) is 1. The van der Waals surface area contributed by atoms with Gasteiger partial charge < -0.3 is 14.8 Å². The molecule has 0 spiro atoms. The second-order valence-electron chi connectivity index (χ2n) is 5.53. The van der Waals surface area contributed by atoms with Crippen molar-refractivity contribution in [1.82, 2.24) is 10.2 Å². The molecule has 21 heavy (non-hydrogen) atoms. The van der Waals surface area contributed by atoms with E-state index in [2.05, 4.69) is 16.3 Å². The monoisotopic (exact) mass is 290 g/mol. The number of esters is 1. The zero-order valence-corrected chi connectivity index (χ0v) is 12.4. The number of fused-ring (bicyclic) bond motifs is 1. The SMILES string of the molecule is COC(=O)C(c1ccc2c(c1)CCO2)N1CCCNCC1. The van der Waals surface area contributed by atoms with Gasteiger partial charge in [0.25, 0.3) is 0 Å². The highest BCUT2D eigenvalue weighted by Gasteiger charge is 2.30. The molecule has 1 atom stereocenters. The predicted molar refractivity (Wildman–Crippen MR) is 79.5 cm³/mol. The van der Waals surface area contributed by atoms with Crippen LogP contribution in [0, 0.1) is 0 Å². The average Bonchev–Trinajstić information content (AvgIpc) is 2.81. The Morgan fingerprint density at radius 3 is 3.14 bits per heavy atom. The van der Waals surface area contributed by atoms with Crippen molar-refractivity contribution in [2.75, 3.05) is 39.9 Å². The Hall–Kier alpha value is -1.59. The summed E-state index contributed by atoms with van der Waals surface area (Å²) < 4.78 is 10.6. The number of nitrogens with one attached hydrogen (secondary N) is 1. The van der Waals surface area contributed by atoms with Crippen LogP contribution in [0.15, 0.2) is 18.2 Å². The van der Waals surface area contributed by atoms with Gasteiger partial charge in [0.1, 0.15) is 11.8 Å². The first-order valence-electron chi connectivity index (χ1n) is 7.58. The summed E-state index contributed by atoms with van der Waals surface area (Å²) >= 11 is 0. The van der Waals surface area contributed by atoms with Crippen LogP contribution in [0.3, 0.4) is 0 Å². The molecule has 0 amide bonds. The predicted octanol–water partition coefficient (Wildman–Crippen LogP) is 1.13. The molecule has 5 nitrogen and oxygen atoms in total. The zero-order valence-electron chi connectivity index (χ0n) is 12.4. The molecule has 2 heterocycles. The van der Waals surface area contributed by atoms with Gasteiger partial charge in [-0.3, -0.25) is 4.90 Å². The van der Waals surface area contributed by atoms with Crippen LogP contribution < -0.4 is 10.1 Å². The summed E-state index contributed by atoms with van der Waals surface area (Å²) in [5.41, 5.74) is 2.20. The lowest BCUT2D eigenvalue weighted by molar-refractivity contribution is -0.147. The molecule has 1 unspecified atom stereocenters. The van der Waals surface area contributed by atoms with E-state index in [1.165, 1.54) is 12.7 Å². The van der Waals surface area contributed by atoms with Crippen LogP contribution in [0.5, 0.6) is 5.75 Å². The van der Waals surface area contributed by atoms with Crippen LogP contribution in [-0.2, 0) is 16.0 Å². The normalized spacial score (nSPS) is 20.2. The Kier molecular flexibility index (Phi) is 4.41. The molecule has 1 saturated heterocycles. The lowest BCUT2D eigenvalue weighted by Crippen LogP contribution is -2.37. The molecular weight excluding hydrogens is 268 g/mol. The molecular formula is C16H22N2O3. The number of hydrogen-bond donors (Lipinski definition) is 1. The number of carbonyl (C=O) groups is 1. The third-order valence-corrected chi connectivity index (χ3v) is 4.19. The van der Waals surface area contributed by atoms with Crippen molar-refractivity contribution < 1.29 is 14.3 Å². The molecule has 0 aliphatic carbocycles. The van der Waals surface area contributed by atoms with Crippen molar-refractivity contribution in [3.05, 3.63) is 29.3 Å². The van der Waals surface area contributed by atoms with Crippen molar-refractivity contribution in [3.63, 3.8) is 0 Å². The van der Waals surface area contributed by atoms with Crippen LogP contribution in [-0.4, -0.2) is 50.8 Å². The van der Waals surface area contributed by atoms with Crippen molar-refractivity contribution in [2.24, 2.45) is 0 Å². The van der Waals surface area contributed by atoms with Crippen molar-refractivity contribution in [2.45, 2.75) is 18.9 Å². The van der Waals surface area contributed by atoms with E-state index in [4.69, 9.17) is 9.47 Å². The Balaban J connectivity index is 1.89.